The number of carbonyl (C=O) groups excluding carboxylic acids is 2. The summed E-state index contributed by atoms with van der Waals surface area (Å²) >= 11 is 6.49. The lowest BCUT2D eigenvalue weighted by Crippen LogP contribution is -2.64. The number of halogens is 3. The van der Waals surface area contributed by atoms with Crippen molar-refractivity contribution in [1.82, 2.24) is 4.90 Å². The maximum atomic E-state index is 16.1. The molecule has 2 amide bonds. The first-order valence-corrected chi connectivity index (χ1v) is 14.6. The molecule has 5 nitrogen and oxygen atoms in total. The molecule has 0 spiro atoms. The van der Waals surface area contributed by atoms with Crippen molar-refractivity contribution >= 4 is 29.1 Å². The molecule has 2 fully saturated rings. The van der Waals surface area contributed by atoms with Gasteiger partial charge in [-0.3, -0.25) is 14.5 Å². The predicted molar refractivity (Wildman–Crippen MR) is 149 cm³/mol. The molecule has 1 heterocycles. The van der Waals surface area contributed by atoms with Crippen molar-refractivity contribution in [2.24, 2.45) is 11.8 Å². The number of unbranched alkanes of at least 4 members (excludes halogenated alkanes) is 2. The maximum absolute atomic E-state index is 16.1. The molecule has 0 bridgehead atoms. The van der Waals surface area contributed by atoms with Crippen LogP contribution in [-0.4, -0.2) is 40.5 Å². The minimum absolute atomic E-state index is 0.0721. The Labute approximate surface area is 235 Å². The van der Waals surface area contributed by atoms with E-state index in [1.807, 2.05) is 0 Å². The third-order valence-corrected chi connectivity index (χ3v) is 8.55. The summed E-state index contributed by atoms with van der Waals surface area (Å²) in [5, 5.41) is 10.3. The number of amides is 2. The smallest absolute Gasteiger partial charge is 0.250 e. The van der Waals surface area contributed by atoms with Gasteiger partial charge in [-0.2, -0.15) is 0 Å². The summed E-state index contributed by atoms with van der Waals surface area (Å²) in [6, 6.07) is 8.09. The van der Waals surface area contributed by atoms with Gasteiger partial charge in [0.05, 0.1) is 11.8 Å². The third kappa shape index (κ3) is 6.80. The topological polar surface area (TPSA) is 60.9 Å². The van der Waals surface area contributed by atoms with Gasteiger partial charge in [-0.25, -0.2) is 8.78 Å². The monoisotopic (exact) mass is 560 g/mol. The highest BCUT2D eigenvalue weighted by Crippen LogP contribution is 2.39. The van der Waals surface area contributed by atoms with E-state index in [1.54, 1.807) is 18.2 Å². The number of hydrogen-bond donors (Lipinski definition) is 1. The summed E-state index contributed by atoms with van der Waals surface area (Å²) in [5.41, 5.74) is 1.16. The van der Waals surface area contributed by atoms with Gasteiger partial charge in [0.15, 0.2) is 5.82 Å². The van der Waals surface area contributed by atoms with Gasteiger partial charge in [0, 0.05) is 17.1 Å². The Balaban J connectivity index is 1.61. The SMILES string of the molecule is CCCCC[C@H](CCC)Cc1c(Cl)ccc(N2CC(=O)N(Cc3ccc(F)cc3)C(C3CC(O)C3)C2=O)c1F. The van der Waals surface area contributed by atoms with Crippen LogP contribution in [0.2, 0.25) is 5.02 Å². The maximum Gasteiger partial charge on any atom is 0.250 e. The van der Waals surface area contributed by atoms with Crippen LogP contribution in [0.3, 0.4) is 0 Å². The van der Waals surface area contributed by atoms with E-state index in [4.69, 9.17) is 11.6 Å². The van der Waals surface area contributed by atoms with E-state index >= 15 is 4.39 Å². The summed E-state index contributed by atoms with van der Waals surface area (Å²) in [4.78, 5) is 30.1. The number of aliphatic hydroxyl groups is 1. The van der Waals surface area contributed by atoms with Gasteiger partial charge >= 0.3 is 0 Å². The number of carbonyl (C=O) groups is 2. The van der Waals surface area contributed by atoms with Gasteiger partial charge in [0.25, 0.3) is 5.91 Å². The highest BCUT2D eigenvalue weighted by molar-refractivity contribution is 6.31. The van der Waals surface area contributed by atoms with Gasteiger partial charge in [0.1, 0.15) is 18.4 Å². The average molecular weight is 561 g/mol. The zero-order valence-electron chi connectivity index (χ0n) is 22.8. The molecule has 1 aliphatic carbocycles. The lowest BCUT2D eigenvalue weighted by molar-refractivity contribution is -0.149. The van der Waals surface area contributed by atoms with Crippen molar-refractivity contribution < 1.29 is 23.5 Å². The van der Waals surface area contributed by atoms with Gasteiger partial charge in [-0.05, 0) is 60.9 Å². The van der Waals surface area contributed by atoms with Crippen molar-refractivity contribution in [3.8, 4) is 0 Å². The third-order valence-electron chi connectivity index (χ3n) is 8.19. The Morgan fingerprint density at radius 1 is 1.00 bits per heavy atom. The quantitative estimate of drug-likeness (QED) is 0.295. The number of nitrogens with zero attached hydrogens (tertiary/aromatic N) is 2. The van der Waals surface area contributed by atoms with Crippen LogP contribution in [-0.2, 0) is 22.6 Å². The first-order chi connectivity index (χ1) is 18.7. The highest BCUT2D eigenvalue weighted by Gasteiger charge is 2.48. The van der Waals surface area contributed by atoms with Crippen LogP contribution in [0.25, 0.3) is 0 Å². The average Bonchev–Trinajstić information content (AvgIpc) is 2.89. The Hall–Kier alpha value is -2.51. The van der Waals surface area contributed by atoms with Crippen molar-refractivity contribution in [3.63, 3.8) is 0 Å². The zero-order chi connectivity index (χ0) is 28.1. The van der Waals surface area contributed by atoms with Crippen LogP contribution in [0.15, 0.2) is 36.4 Å². The van der Waals surface area contributed by atoms with Crippen molar-refractivity contribution in [3.05, 3.63) is 64.2 Å². The van der Waals surface area contributed by atoms with Crippen LogP contribution in [0.4, 0.5) is 14.5 Å². The summed E-state index contributed by atoms with van der Waals surface area (Å²) in [7, 11) is 0. The molecule has 2 atom stereocenters. The van der Waals surface area contributed by atoms with Crippen molar-refractivity contribution in [2.45, 2.75) is 90.3 Å². The normalized spacial score (nSPS) is 22.3. The molecule has 4 rings (SSSR count). The molecule has 0 radical (unpaired) electrons. The van der Waals surface area contributed by atoms with E-state index in [9.17, 15) is 19.1 Å². The van der Waals surface area contributed by atoms with Crippen LogP contribution in [0.5, 0.6) is 0 Å². The number of aliphatic hydroxyl groups excluding tert-OH is 1. The first-order valence-electron chi connectivity index (χ1n) is 14.2. The van der Waals surface area contributed by atoms with E-state index in [-0.39, 0.29) is 48.2 Å². The molecule has 212 valence electrons. The fourth-order valence-corrected chi connectivity index (χ4v) is 6.21. The minimum atomic E-state index is -0.833. The molecule has 2 aromatic carbocycles. The standard InChI is InChI=1S/C31H39ClF2N2O3/c1-3-5-6-8-20(7-4-2)15-25-26(32)13-14-27(29(25)34)35-19-28(38)36(18-21-9-11-23(33)12-10-21)30(31(35)39)22-16-24(37)17-22/h9-14,20,22,24,30,37H,3-8,15-19H2,1-2H3/t20-,22?,24?,30?/m0/s1. The van der Waals surface area contributed by atoms with Gasteiger partial charge in [0.2, 0.25) is 5.91 Å². The van der Waals surface area contributed by atoms with Crippen molar-refractivity contribution in [1.29, 1.82) is 0 Å². The van der Waals surface area contributed by atoms with Crippen LogP contribution in [0, 0.1) is 23.5 Å². The Morgan fingerprint density at radius 3 is 2.36 bits per heavy atom. The van der Waals surface area contributed by atoms with Gasteiger partial charge < -0.3 is 10.0 Å². The second kappa shape index (κ2) is 13.2. The largest absolute Gasteiger partial charge is 0.393 e. The summed E-state index contributed by atoms with van der Waals surface area (Å²) in [6.07, 6.45) is 7.03. The van der Waals surface area contributed by atoms with Crippen LogP contribution < -0.4 is 4.90 Å². The van der Waals surface area contributed by atoms with E-state index < -0.39 is 18.0 Å². The predicted octanol–water partition coefficient (Wildman–Crippen LogP) is 6.67. The fourth-order valence-electron chi connectivity index (χ4n) is 5.98. The molecule has 8 heteroatoms. The molecule has 2 aromatic rings. The number of rotatable bonds is 12. The lowest BCUT2D eigenvalue weighted by Gasteiger charge is -2.47. The number of piperazine rings is 1. The van der Waals surface area contributed by atoms with Crippen molar-refractivity contribution in [2.75, 3.05) is 11.4 Å². The van der Waals surface area contributed by atoms with Gasteiger partial charge in [-0.15, -0.1) is 0 Å². The van der Waals surface area contributed by atoms with Crippen LogP contribution in [0.1, 0.15) is 76.3 Å². The zero-order valence-corrected chi connectivity index (χ0v) is 23.6. The van der Waals surface area contributed by atoms with Gasteiger partial charge in [-0.1, -0.05) is 76.1 Å². The van der Waals surface area contributed by atoms with E-state index in [2.05, 4.69) is 13.8 Å². The lowest BCUT2D eigenvalue weighted by atomic mass is 9.75. The Bertz CT molecular complexity index is 1150. The molecular weight excluding hydrogens is 522 g/mol. The second-order valence-electron chi connectivity index (χ2n) is 11.1. The summed E-state index contributed by atoms with van der Waals surface area (Å²) < 4.78 is 29.5. The number of hydrogen-bond acceptors (Lipinski definition) is 3. The molecule has 2 aliphatic rings. The Morgan fingerprint density at radius 2 is 1.72 bits per heavy atom. The summed E-state index contributed by atoms with van der Waals surface area (Å²) in [5.74, 6) is -1.55. The molecule has 1 unspecified atom stereocenters. The second-order valence-corrected chi connectivity index (χ2v) is 11.5. The Kier molecular flexibility index (Phi) is 10.00. The van der Waals surface area contributed by atoms with Crippen LogP contribution >= 0.6 is 11.6 Å². The highest BCUT2D eigenvalue weighted by atomic mass is 35.5. The first kappa shape index (κ1) is 29.5. The number of benzene rings is 2. The number of anilines is 1. The minimum Gasteiger partial charge on any atom is -0.393 e. The molecule has 0 aromatic heterocycles. The molecule has 1 N–H and O–H groups in total. The van der Waals surface area contributed by atoms with E-state index in [0.717, 1.165) is 38.5 Å². The van der Waals surface area contributed by atoms with E-state index in [1.165, 1.54) is 28.0 Å². The molecule has 1 saturated carbocycles. The summed E-state index contributed by atoms with van der Waals surface area (Å²) in [6.45, 7) is 4.12. The molecule has 1 saturated heterocycles. The molecular formula is C31H39ClF2N2O3. The fraction of sp³-hybridized carbons (Fsp3) is 0.548. The molecule has 1 aliphatic heterocycles. The van der Waals surface area contributed by atoms with E-state index in [0.29, 0.717) is 35.4 Å². The molecule has 39 heavy (non-hydrogen) atoms.